The van der Waals surface area contributed by atoms with Gasteiger partial charge in [-0.1, -0.05) is 29.8 Å². The summed E-state index contributed by atoms with van der Waals surface area (Å²) in [6.45, 7) is 0. The van der Waals surface area contributed by atoms with Gasteiger partial charge in [0.15, 0.2) is 0 Å². The van der Waals surface area contributed by atoms with Gasteiger partial charge in [0.05, 0.1) is 7.11 Å². The molecule has 102 valence electrons. The van der Waals surface area contributed by atoms with Crippen molar-refractivity contribution < 1.29 is 14.3 Å². The molecule has 3 aromatic rings. The lowest BCUT2D eigenvalue weighted by Gasteiger charge is -2.12. The molecule has 0 spiro atoms. The predicted octanol–water partition coefficient (Wildman–Crippen LogP) is 4.18. The third kappa shape index (κ3) is 2.26. The molecular formula is C16H13ClO3. The summed E-state index contributed by atoms with van der Waals surface area (Å²) in [5.41, 5.74) is 1.36. The molecule has 2 aromatic carbocycles. The van der Waals surface area contributed by atoms with E-state index >= 15 is 0 Å². The van der Waals surface area contributed by atoms with Crippen LogP contribution in [0.15, 0.2) is 52.9 Å². The minimum Gasteiger partial charge on any atom is -0.496 e. The molecule has 3 rings (SSSR count). The van der Waals surface area contributed by atoms with Crippen molar-refractivity contribution in [2.24, 2.45) is 0 Å². The summed E-state index contributed by atoms with van der Waals surface area (Å²) in [6, 6.07) is 14.5. The number of aliphatic hydroxyl groups is 1. The number of ether oxygens (including phenoxy) is 1. The molecule has 4 heteroatoms. The molecular weight excluding hydrogens is 276 g/mol. The van der Waals surface area contributed by atoms with Gasteiger partial charge >= 0.3 is 0 Å². The number of benzene rings is 2. The predicted molar refractivity (Wildman–Crippen MR) is 78.3 cm³/mol. The van der Waals surface area contributed by atoms with Crippen LogP contribution in [0.4, 0.5) is 0 Å². The number of fused-ring (bicyclic) bond motifs is 1. The lowest BCUT2D eigenvalue weighted by atomic mass is 10.1. The van der Waals surface area contributed by atoms with Crippen LogP contribution in [0.25, 0.3) is 11.0 Å². The highest BCUT2D eigenvalue weighted by Crippen LogP contribution is 2.33. The summed E-state index contributed by atoms with van der Waals surface area (Å²) < 4.78 is 10.9. The van der Waals surface area contributed by atoms with Crippen molar-refractivity contribution >= 4 is 22.6 Å². The van der Waals surface area contributed by atoms with Crippen molar-refractivity contribution in [3.8, 4) is 5.75 Å². The van der Waals surface area contributed by atoms with E-state index in [2.05, 4.69) is 0 Å². The molecule has 20 heavy (non-hydrogen) atoms. The summed E-state index contributed by atoms with van der Waals surface area (Å²) in [5, 5.41) is 12.0. The first kappa shape index (κ1) is 13.0. The van der Waals surface area contributed by atoms with Gasteiger partial charge in [0, 0.05) is 16.0 Å². The lowest BCUT2D eigenvalue weighted by molar-refractivity contribution is 0.188. The lowest BCUT2D eigenvalue weighted by Crippen LogP contribution is -2.00. The molecule has 1 atom stereocenters. The molecule has 1 heterocycles. The number of aliphatic hydroxyl groups excluding tert-OH is 1. The topological polar surface area (TPSA) is 42.6 Å². The molecule has 0 saturated carbocycles. The van der Waals surface area contributed by atoms with Gasteiger partial charge in [0.25, 0.3) is 0 Å². The molecule has 0 radical (unpaired) electrons. The fourth-order valence-electron chi connectivity index (χ4n) is 2.22. The van der Waals surface area contributed by atoms with Crippen LogP contribution in [-0.2, 0) is 0 Å². The highest BCUT2D eigenvalue weighted by molar-refractivity contribution is 6.31. The van der Waals surface area contributed by atoms with Gasteiger partial charge in [-0.15, -0.1) is 0 Å². The Morgan fingerprint density at radius 1 is 1.15 bits per heavy atom. The first-order chi connectivity index (χ1) is 9.69. The second kappa shape index (κ2) is 5.19. The highest BCUT2D eigenvalue weighted by atomic mass is 35.5. The van der Waals surface area contributed by atoms with E-state index in [1.807, 2.05) is 18.2 Å². The van der Waals surface area contributed by atoms with E-state index in [0.29, 0.717) is 27.7 Å². The van der Waals surface area contributed by atoms with E-state index < -0.39 is 6.10 Å². The summed E-state index contributed by atoms with van der Waals surface area (Å²) in [7, 11) is 1.57. The Labute approximate surface area is 121 Å². The fraction of sp³-hybridized carbons (Fsp3) is 0.125. The summed E-state index contributed by atoms with van der Waals surface area (Å²) in [6.07, 6.45) is -0.877. The second-order valence-corrected chi connectivity index (χ2v) is 4.91. The average Bonchev–Trinajstić information content (AvgIpc) is 2.89. The van der Waals surface area contributed by atoms with E-state index in [1.165, 1.54) is 0 Å². The molecule has 0 amide bonds. The third-order valence-corrected chi connectivity index (χ3v) is 3.44. The Kier molecular flexibility index (Phi) is 3.38. The third-order valence-electron chi connectivity index (χ3n) is 3.20. The second-order valence-electron chi connectivity index (χ2n) is 4.48. The zero-order chi connectivity index (χ0) is 14.1. The molecule has 3 nitrogen and oxygen atoms in total. The van der Waals surface area contributed by atoms with Gasteiger partial charge in [-0.2, -0.15) is 0 Å². The van der Waals surface area contributed by atoms with Crippen molar-refractivity contribution in [2.45, 2.75) is 6.10 Å². The Bertz CT molecular complexity index is 748. The van der Waals surface area contributed by atoms with Crippen LogP contribution in [-0.4, -0.2) is 12.2 Å². The minimum absolute atomic E-state index is 0.465. The van der Waals surface area contributed by atoms with Crippen molar-refractivity contribution in [1.29, 1.82) is 0 Å². The maximum Gasteiger partial charge on any atom is 0.140 e. The molecule has 0 aliphatic carbocycles. The number of rotatable bonds is 3. The van der Waals surface area contributed by atoms with Gasteiger partial charge < -0.3 is 14.3 Å². The van der Waals surface area contributed by atoms with Crippen LogP contribution in [0, 0.1) is 0 Å². The van der Waals surface area contributed by atoms with Gasteiger partial charge in [-0.3, -0.25) is 0 Å². The van der Waals surface area contributed by atoms with Crippen molar-refractivity contribution in [3.63, 3.8) is 0 Å². The number of furan rings is 1. The van der Waals surface area contributed by atoms with E-state index in [0.717, 1.165) is 5.39 Å². The zero-order valence-corrected chi connectivity index (χ0v) is 11.6. The van der Waals surface area contributed by atoms with Crippen LogP contribution in [0.2, 0.25) is 5.02 Å². The number of hydrogen-bond donors (Lipinski definition) is 1. The number of hydrogen-bond acceptors (Lipinski definition) is 3. The summed E-state index contributed by atoms with van der Waals surface area (Å²) in [4.78, 5) is 0. The van der Waals surface area contributed by atoms with E-state index in [1.54, 1.807) is 37.4 Å². The molecule has 0 bridgehead atoms. The maximum atomic E-state index is 10.5. The van der Waals surface area contributed by atoms with Crippen LogP contribution in [0.3, 0.4) is 0 Å². The monoisotopic (exact) mass is 288 g/mol. The molecule has 0 aliphatic heterocycles. The van der Waals surface area contributed by atoms with Crippen LogP contribution in [0.5, 0.6) is 5.75 Å². The Balaban J connectivity index is 2.05. The van der Waals surface area contributed by atoms with Crippen LogP contribution in [0.1, 0.15) is 17.4 Å². The molecule has 0 fully saturated rings. The fourth-order valence-corrected chi connectivity index (χ4v) is 2.40. The highest BCUT2D eigenvalue weighted by Gasteiger charge is 2.19. The van der Waals surface area contributed by atoms with Gasteiger partial charge in [-0.25, -0.2) is 0 Å². The molecule has 1 aromatic heterocycles. The molecule has 1 unspecified atom stereocenters. The number of methoxy groups -OCH3 is 1. The smallest absolute Gasteiger partial charge is 0.140 e. The zero-order valence-electron chi connectivity index (χ0n) is 10.8. The van der Waals surface area contributed by atoms with Gasteiger partial charge in [0.2, 0.25) is 0 Å². The minimum atomic E-state index is -0.877. The molecule has 0 aliphatic rings. The van der Waals surface area contributed by atoms with Crippen LogP contribution >= 0.6 is 11.6 Å². The van der Waals surface area contributed by atoms with Crippen molar-refractivity contribution in [2.75, 3.05) is 7.11 Å². The van der Waals surface area contributed by atoms with Crippen molar-refractivity contribution in [1.82, 2.24) is 0 Å². The first-order valence-corrected chi connectivity index (χ1v) is 6.57. The normalized spacial score (nSPS) is 12.6. The Hall–Kier alpha value is -1.97. The molecule has 1 N–H and O–H groups in total. The first-order valence-electron chi connectivity index (χ1n) is 6.19. The van der Waals surface area contributed by atoms with E-state index in [9.17, 15) is 5.11 Å². The Morgan fingerprint density at radius 3 is 2.75 bits per heavy atom. The average molecular weight is 289 g/mol. The van der Waals surface area contributed by atoms with Crippen molar-refractivity contribution in [3.05, 3.63) is 64.9 Å². The standard InChI is InChI=1S/C16H13ClO3/c1-19-14-5-3-2-4-12(14)16(18)15-9-10-8-11(17)6-7-13(10)20-15/h2-9,16,18H,1H3. The summed E-state index contributed by atoms with van der Waals surface area (Å²) in [5.74, 6) is 1.09. The summed E-state index contributed by atoms with van der Waals surface area (Å²) >= 11 is 5.95. The quantitative estimate of drug-likeness (QED) is 0.786. The van der Waals surface area contributed by atoms with E-state index in [4.69, 9.17) is 20.8 Å². The number of para-hydroxylation sites is 1. The Morgan fingerprint density at radius 2 is 1.95 bits per heavy atom. The van der Waals surface area contributed by atoms with E-state index in [-0.39, 0.29) is 0 Å². The van der Waals surface area contributed by atoms with Gasteiger partial charge in [-0.05, 0) is 30.3 Å². The largest absolute Gasteiger partial charge is 0.496 e. The van der Waals surface area contributed by atoms with Gasteiger partial charge in [0.1, 0.15) is 23.2 Å². The maximum absolute atomic E-state index is 10.5. The SMILES string of the molecule is COc1ccccc1C(O)c1cc2cc(Cl)ccc2o1. The number of halogens is 1. The molecule has 0 saturated heterocycles. The van der Waals surface area contributed by atoms with Crippen LogP contribution < -0.4 is 4.74 Å².